The monoisotopic (exact) mass is 649 g/mol. The summed E-state index contributed by atoms with van der Waals surface area (Å²) in [5, 5.41) is 10.6. The summed E-state index contributed by atoms with van der Waals surface area (Å²) in [4.78, 5) is 49.9. The van der Waals surface area contributed by atoms with E-state index in [4.69, 9.17) is 4.74 Å². The van der Waals surface area contributed by atoms with E-state index in [2.05, 4.69) is 0 Å². The van der Waals surface area contributed by atoms with Gasteiger partial charge in [0.05, 0.1) is 35.8 Å². The van der Waals surface area contributed by atoms with Gasteiger partial charge in [0.25, 0.3) is 5.91 Å². The van der Waals surface area contributed by atoms with Crippen molar-refractivity contribution in [3.63, 3.8) is 0 Å². The number of fused-ring (bicyclic) bond motifs is 2. The molecule has 0 saturated carbocycles. The van der Waals surface area contributed by atoms with Crippen LogP contribution in [0.1, 0.15) is 29.7 Å². The van der Waals surface area contributed by atoms with Crippen molar-refractivity contribution in [2.75, 3.05) is 36.1 Å². The van der Waals surface area contributed by atoms with Crippen LogP contribution in [0.25, 0.3) is 0 Å². The third-order valence-electron chi connectivity index (χ3n) is 9.96. The second-order valence-corrected chi connectivity index (χ2v) is 14.1. The van der Waals surface area contributed by atoms with Crippen molar-refractivity contribution in [3.8, 4) is 5.75 Å². The molecule has 2 fully saturated rings. The number of ether oxygens (including phenoxy) is 1. The van der Waals surface area contributed by atoms with Crippen molar-refractivity contribution in [2.24, 2.45) is 11.8 Å². The van der Waals surface area contributed by atoms with E-state index in [-0.39, 0.29) is 29.6 Å². The SMILES string of the molecule is CCOc1ccc(N2CC=C[C@@H]3S[C@]45C=CCN(c6c(C)cccc6C)C(=O)C4N([C@H](CO)c4ccccc4)C(=O)[C@@H]5[C@@H]3C2=O)cc1. The molecule has 8 nitrogen and oxygen atoms in total. The molecule has 3 aromatic rings. The molecular formula is C38H39N3O5S. The molecule has 3 aromatic carbocycles. The second kappa shape index (κ2) is 12.4. The van der Waals surface area contributed by atoms with Gasteiger partial charge in [0.2, 0.25) is 11.8 Å². The Morgan fingerprint density at radius 1 is 0.872 bits per heavy atom. The number of aliphatic hydroxyl groups is 1. The Labute approximate surface area is 279 Å². The third kappa shape index (κ3) is 4.98. The first-order valence-corrected chi connectivity index (χ1v) is 17.1. The molecule has 4 aliphatic heterocycles. The van der Waals surface area contributed by atoms with Crippen molar-refractivity contribution in [3.05, 3.63) is 114 Å². The molecular weight excluding hydrogens is 611 g/mol. The molecule has 4 aliphatic rings. The number of hydrogen-bond donors (Lipinski definition) is 1. The fraction of sp³-hybridized carbons (Fsp3) is 0.342. The van der Waals surface area contributed by atoms with E-state index >= 15 is 9.59 Å². The summed E-state index contributed by atoms with van der Waals surface area (Å²) in [6.07, 6.45) is 8.04. The molecule has 1 N–H and O–H groups in total. The Morgan fingerprint density at radius 3 is 2.26 bits per heavy atom. The topological polar surface area (TPSA) is 90.4 Å². The highest BCUT2D eigenvalue weighted by Gasteiger charge is 2.72. The summed E-state index contributed by atoms with van der Waals surface area (Å²) in [5.41, 5.74) is 4.21. The van der Waals surface area contributed by atoms with Gasteiger partial charge in [-0.2, -0.15) is 0 Å². The number of nitrogens with zero attached hydrogens (tertiary/aromatic N) is 3. The Morgan fingerprint density at radius 2 is 1.57 bits per heavy atom. The van der Waals surface area contributed by atoms with E-state index < -0.39 is 28.7 Å². The summed E-state index contributed by atoms with van der Waals surface area (Å²) in [6, 6.07) is 21.1. The van der Waals surface area contributed by atoms with Crippen LogP contribution in [0.5, 0.6) is 5.75 Å². The number of aryl methyl sites for hydroxylation is 2. The number of hydrogen-bond acceptors (Lipinski definition) is 6. The molecule has 4 heterocycles. The quantitative estimate of drug-likeness (QED) is 0.353. The molecule has 7 rings (SSSR count). The molecule has 0 radical (unpaired) electrons. The number of aliphatic hydroxyl groups excluding tert-OH is 1. The standard InChI is InChI=1S/C38H39N3O5S/c1-4-46-28-18-16-27(17-19-28)39-21-9-15-30-31(35(39)43)32-36(44)41(29(23-42)26-13-6-5-7-14-26)34-37(45)40(22-10-20-38(32,34)47-30)33-24(2)11-8-12-25(33)3/h5-20,29-32,34,42H,4,21-23H2,1-3H3/t29-,30+,31-,32+,34?,38+/m1/s1. The summed E-state index contributed by atoms with van der Waals surface area (Å²) < 4.78 is 4.61. The number of rotatable bonds is 7. The van der Waals surface area contributed by atoms with Crippen LogP contribution in [0, 0.1) is 25.7 Å². The van der Waals surface area contributed by atoms with E-state index in [0.717, 1.165) is 33.8 Å². The molecule has 0 aliphatic carbocycles. The number of anilines is 2. The summed E-state index contributed by atoms with van der Waals surface area (Å²) >= 11 is 1.54. The Balaban J connectivity index is 1.35. The third-order valence-corrected chi connectivity index (χ3v) is 11.7. The molecule has 6 atom stereocenters. The predicted molar refractivity (Wildman–Crippen MR) is 185 cm³/mol. The van der Waals surface area contributed by atoms with Crippen molar-refractivity contribution < 1.29 is 24.2 Å². The second-order valence-electron chi connectivity index (χ2n) is 12.6. The predicted octanol–water partition coefficient (Wildman–Crippen LogP) is 5.24. The zero-order valence-corrected chi connectivity index (χ0v) is 27.6. The van der Waals surface area contributed by atoms with Crippen molar-refractivity contribution in [1.82, 2.24) is 4.90 Å². The maximum absolute atomic E-state index is 15.1. The molecule has 2 saturated heterocycles. The van der Waals surface area contributed by atoms with Crippen LogP contribution in [0.2, 0.25) is 0 Å². The highest BCUT2D eigenvalue weighted by Crippen LogP contribution is 2.62. The van der Waals surface area contributed by atoms with Crippen LogP contribution in [0.15, 0.2) is 97.1 Å². The molecule has 47 heavy (non-hydrogen) atoms. The molecule has 9 heteroatoms. The lowest BCUT2D eigenvalue weighted by Crippen LogP contribution is -2.54. The van der Waals surface area contributed by atoms with Crippen molar-refractivity contribution in [1.29, 1.82) is 0 Å². The van der Waals surface area contributed by atoms with Gasteiger partial charge < -0.3 is 24.5 Å². The normalized spacial score (nSPS) is 27.3. The summed E-state index contributed by atoms with van der Waals surface area (Å²) in [6.45, 7) is 6.79. The lowest BCUT2D eigenvalue weighted by molar-refractivity contribution is -0.141. The minimum absolute atomic E-state index is 0.149. The van der Waals surface area contributed by atoms with E-state index in [1.165, 1.54) is 0 Å². The number of benzene rings is 3. The van der Waals surface area contributed by atoms with Gasteiger partial charge in [-0.05, 0) is 61.7 Å². The van der Waals surface area contributed by atoms with Crippen molar-refractivity contribution >= 4 is 40.9 Å². The minimum Gasteiger partial charge on any atom is -0.494 e. The highest BCUT2D eigenvalue weighted by molar-refractivity contribution is 8.02. The lowest BCUT2D eigenvalue weighted by Gasteiger charge is -2.39. The number of amides is 3. The molecule has 0 bridgehead atoms. The average Bonchev–Trinajstić information content (AvgIpc) is 3.39. The zero-order chi connectivity index (χ0) is 32.9. The van der Waals surface area contributed by atoms with Crippen LogP contribution in [-0.4, -0.2) is 70.1 Å². The van der Waals surface area contributed by atoms with E-state index in [9.17, 15) is 9.90 Å². The fourth-order valence-electron chi connectivity index (χ4n) is 7.99. The maximum Gasteiger partial charge on any atom is 0.251 e. The largest absolute Gasteiger partial charge is 0.494 e. The number of para-hydroxylation sites is 1. The maximum atomic E-state index is 15.1. The van der Waals surface area contributed by atoms with Gasteiger partial charge in [-0.15, -0.1) is 11.8 Å². The molecule has 0 aromatic heterocycles. The lowest BCUT2D eigenvalue weighted by atomic mass is 9.78. The van der Waals surface area contributed by atoms with Crippen LogP contribution >= 0.6 is 11.8 Å². The van der Waals surface area contributed by atoms with Gasteiger partial charge in [-0.3, -0.25) is 14.4 Å². The van der Waals surface area contributed by atoms with Gasteiger partial charge >= 0.3 is 0 Å². The Bertz CT molecular complexity index is 1740. The van der Waals surface area contributed by atoms with Crippen LogP contribution in [0.3, 0.4) is 0 Å². The van der Waals surface area contributed by atoms with Gasteiger partial charge in [0, 0.05) is 29.7 Å². The minimum atomic E-state index is -1.02. The van der Waals surface area contributed by atoms with Crippen LogP contribution < -0.4 is 14.5 Å². The molecule has 242 valence electrons. The number of carbonyl (C=O) groups is 3. The molecule has 3 amide bonds. The average molecular weight is 650 g/mol. The molecule has 1 spiro atoms. The summed E-state index contributed by atoms with van der Waals surface area (Å²) in [5.74, 6) is -1.43. The first-order chi connectivity index (χ1) is 22.8. The smallest absolute Gasteiger partial charge is 0.251 e. The van der Waals surface area contributed by atoms with Crippen LogP contribution in [-0.2, 0) is 14.4 Å². The Hall–Kier alpha value is -4.34. The van der Waals surface area contributed by atoms with E-state index in [1.54, 1.807) is 26.5 Å². The highest BCUT2D eigenvalue weighted by atomic mass is 32.2. The van der Waals surface area contributed by atoms with Crippen LogP contribution in [0.4, 0.5) is 11.4 Å². The van der Waals surface area contributed by atoms with Gasteiger partial charge in [0.1, 0.15) is 11.8 Å². The first kappa shape index (κ1) is 31.3. The fourth-order valence-corrected chi connectivity index (χ4v) is 9.99. The van der Waals surface area contributed by atoms with Gasteiger partial charge in [-0.1, -0.05) is 72.8 Å². The van der Waals surface area contributed by atoms with E-state index in [0.29, 0.717) is 19.7 Å². The number of carbonyl (C=O) groups excluding carboxylic acids is 3. The van der Waals surface area contributed by atoms with Gasteiger partial charge in [-0.25, -0.2) is 0 Å². The van der Waals surface area contributed by atoms with Gasteiger partial charge in [0.15, 0.2) is 0 Å². The number of thioether (sulfide) groups is 1. The molecule has 1 unspecified atom stereocenters. The van der Waals surface area contributed by atoms with E-state index in [1.807, 2.05) is 118 Å². The van der Waals surface area contributed by atoms with Crippen molar-refractivity contribution in [2.45, 2.75) is 42.9 Å². The first-order valence-electron chi connectivity index (χ1n) is 16.2. The summed E-state index contributed by atoms with van der Waals surface area (Å²) in [7, 11) is 0. The number of likely N-dealkylation sites (tertiary alicyclic amines) is 1. The zero-order valence-electron chi connectivity index (χ0n) is 26.8. The Kier molecular flexibility index (Phi) is 8.22.